The molecule has 2 heterocycles. The highest BCUT2D eigenvalue weighted by molar-refractivity contribution is 7.71. The first kappa shape index (κ1) is 9.79. The first-order valence-electron chi connectivity index (χ1n) is 4.35. The van der Waals surface area contributed by atoms with Crippen LogP contribution in [0.5, 0.6) is 5.75 Å². The maximum atomic E-state index is 5.08. The smallest absolute Gasteiger partial charge is 0.137 e. The minimum atomic E-state index is 0.606. The van der Waals surface area contributed by atoms with E-state index in [1.54, 1.807) is 25.6 Å². The lowest BCUT2D eigenvalue weighted by Gasteiger charge is -2.02. The van der Waals surface area contributed by atoms with Crippen molar-refractivity contribution in [3.05, 3.63) is 35.2 Å². The van der Waals surface area contributed by atoms with E-state index in [9.17, 15) is 0 Å². The molecule has 0 aliphatic heterocycles. The van der Waals surface area contributed by atoms with Gasteiger partial charge in [0, 0.05) is 11.8 Å². The molecule has 0 fully saturated rings. The molecule has 0 aliphatic rings. The number of aromatic amines is 1. The van der Waals surface area contributed by atoms with Crippen LogP contribution in [0.3, 0.4) is 0 Å². The predicted octanol–water partition coefficient (Wildman–Crippen LogP) is 2.21. The number of H-pyrrole nitrogens is 1. The van der Waals surface area contributed by atoms with Gasteiger partial charge in [0.2, 0.25) is 0 Å². The minimum Gasteiger partial charge on any atom is -0.495 e. The number of hydrogen-bond acceptors (Lipinski definition) is 4. The van der Waals surface area contributed by atoms with Gasteiger partial charge in [-0.25, -0.2) is 0 Å². The van der Waals surface area contributed by atoms with E-state index >= 15 is 0 Å². The van der Waals surface area contributed by atoms with E-state index in [4.69, 9.17) is 17.0 Å². The molecule has 0 spiro atoms. The average molecular weight is 219 g/mol. The van der Waals surface area contributed by atoms with Gasteiger partial charge >= 0.3 is 0 Å². The van der Waals surface area contributed by atoms with Crippen LogP contribution in [-0.2, 0) is 0 Å². The summed E-state index contributed by atoms with van der Waals surface area (Å²) in [5.74, 6) is 0.705. The van der Waals surface area contributed by atoms with Gasteiger partial charge in [0.25, 0.3) is 0 Å². The minimum absolute atomic E-state index is 0.606. The molecule has 76 valence electrons. The first-order valence-corrected chi connectivity index (χ1v) is 4.75. The van der Waals surface area contributed by atoms with Crippen molar-refractivity contribution in [1.29, 1.82) is 0 Å². The SMILES string of the molecule is COc1cncc(-c2ccc(=S)[nH]n2)c1. The zero-order valence-electron chi connectivity index (χ0n) is 8.10. The molecule has 0 amide bonds. The highest BCUT2D eigenvalue weighted by Gasteiger charge is 2.00. The molecule has 0 unspecified atom stereocenters. The van der Waals surface area contributed by atoms with E-state index in [0.717, 1.165) is 11.3 Å². The van der Waals surface area contributed by atoms with E-state index in [1.165, 1.54) is 0 Å². The van der Waals surface area contributed by atoms with Gasteiger partial charge in [0.1, 0.15) is 10.4 Å². The van der Waals surface area contributed by atoms with E-state index in [2.05, 4.69) is 15.2 Å². The highest BCUT2D eigenvalue weighted by Crippen LogP contribution is 2.19. The van der Waals surface area contributed by atoms with E-state index < -0.39 is 0 Å². The lowest BCUT2D eigenvalue weighted by molar-refractivity contribution is 0.413. The Hall–Kier alpha value is -1.75. The maximum absolute atomic E-state index is 5.08. The summed E-state index contributed by atoms with van der Waals surface area (Å²) in [5.41, 5.74) is 1.68. The van der Waals surface area contributed by atoms with Crippen molar-refractivity contribution in [3.63, 3.8) is 0 Å². The topological polar surface area (TPSA) is 50.8 Å². The van der Waals surface area contributed by atoms with Crippen molar-refractivity contribution in [2.45, 2.75) is 0 Å². The Balaban J connectivity index is 2.44. The van der Waals surface area contributed by atoms with Crippen LogP contribution in [0.4, 0.5) is 0 Å². The van der Waals surface area contributed by atoms with Crippen molar-refractivity contribution in [2.24, 2.45) is 0 Å². The fourth-order valence-corrected chi connectivity index (χ4v) is 1.29. The van der Waals surface area contributed by atoms with Crippen molar-refractivity contribution in [3.8, 4) is 17.0 Å². The van der Waals surface area contributed by atoms with Crippen LogP contribution in [0.25, 0.3) is 11.3 Å². The molecule has 15 heavy (non-hydrogen) atoms. The molecule has 2 aromatic heterocycles. The Morgan fingerprint density at radius 1 is 1.33 bits per heavy atom. The number of nitrogens with one attached hydrogen (secondary N) is 1. The lowest BCUT2D eigenvalue weighted by Crippen LogP contribution is -1.90. The van der Waals surface area contributed by atoms with Crippen LogP contribution < -0.4 is 4.74 Å². The predicted molar refractivity (Wildman–Crippen MR) is 59.2 cm³/mol. The van der Waals surface area contributed by atoms with Gasteiger partial charge in [0.05, 0.1) is 19.0 Å². The molecular weight excluding hydrogens is 210 g/mol. The van der Waals surface area contributed by atoms with Crippen LogP contribution in [0.15, 0.2) is 30.6 Å². The molecule has 0 saturated heterocycles. The number of nitrogens with zero attached hydrogens (tertiary/aromatic N) is 2. The fraction of sp³-hybridized carbons (Fsp3) is 0.100. The Labute approximate surface area is 92.0 Å². The zero-order valence-corrected chi connectivity index (χ0v) is 8.91. The van der Waals surface area contributed by atoms with Crippen LogP contribution in [0.2, 0.25) is 0 Å². The zero-order chi connectivity index (χ0) is 10.7. The van der Waals surface area contributed by atoms with E-state index in [1.807, 2.05) is 12.1 Å². The molecule has 0 aromatic carbocycles. The van der Waals surface area contributed by atoms with Crippen molar-refractivity contribution in [1.82, 2.24) is 15.2 Å². The van der Waals surface area contributed by atoms with Gasteiger partial charge in [-0.1, -0.05) is 12.2 Å². The van der Waals surface area contributed by atoms with Gasteiger partial charge in [-0.3, -0.25) is 10.1 Å². The number of aromatic nitrogens is 3. The molecule has 0 aliphatic carbocycles. The Bertz CT molecular complexity index is 504. The maximum Gasteiger partial charge on any atom is 0.137 e. The monoisotopic (exact) mass is 219 g/mol. The molecule has 4 nitrogen and oxygen atoms in total. The van der Waals surface area contributed by atoms with E-state index in [-0.39, 0.29) is 0 Å². The molecule has 0 saturated carbocycles. The summed E-state index contributed by atoms with van der Waals surface area (Å²) < 4.78 is 5.69. The fourth-order valence-electron chi connectivity index (χ4n) is 1.18. The van der Waals surface area contributed by atoms with Crippen molar-refractivity contribution in [2.75, 3.05) is 7.11 Å². The van der Waals surface area contributed by atoms with Gasteiger partial charge in [-0.05, 0) is 18.2 Å². The van der Waals surface area contributed by atoms with Crippen molar-refractivity contribution < 1.29 is 4.74 Å². The lowest BCUT2D eigenvalue weighted by atomic mass is 10.2. The standard InChI is InChI=1S/C10H9N3OS/c1-14-8-4-7(5-11-6-8)9-2-3-10(15)13-12-9/h2-6H,1H3,(H,13,15). The van der Waals surface area contributed by atoms with Gasteiger partial charge in [-0.15, -0.1) is 0 Å². The molecule has 2 aromatic rings. The number of rotatable bonds is 2. The number of hydrogen-bond donors (Lipinski definition) is 1. The third-order valence-corrected chi connectivity index (χ3v) is 2.15. The largest absolute Gasteiger partial charge is 0.495 e. The van der Waals surface area contributed by atoms with Gasteiger partial charge in [0.15, 0.2) is 0 Å². The second kappa shape index (κ2) is 4.18. The summed E-state index contributed by atoms with van der Waals surface area (Å²) in [6.07, 6.45) is 3.37. The molecule has 2 rings (SSSR count). The Kier molecular flexibility index (Phi) is 2.73. The third-order valence-electron chi connectivity index (χ3n) is 1.92. The van der Waals surface area contributed by atoms with Crippen LogP contribution in [0.1, 0.15) is 0 Å². The van der Waals surface area contributed by atoms with Crippen LogP contribution in [-0.4, -0.2) is 22.3 Å². The molecule has 0 radical (unpaired) electrons. The molecule has 5 heteroatoms. The Morgan fingerprint density at radius 2 is 2.20 bits per heavy atom. The summed E-state index contributed by atoms with van der Waals surface area (Å²) in [7, 11) is 1.60. The summed E-state index contributed by atoms with van der Waals surface area (Å²) in [5, 5.41) is 6.83. The summed E-state index contributed by atoms with van der Waals surface area (Å²) >= 11 is 4.91. The van der Waals surface area contributed by atoms with Crippen LogP contribution in [0, 0.1) is 4.64 Å². The molecular formula is C10H9N3OS. The molecule has 0 bridgehead atoms. The second-order valence-electron chi connectivity index (χ2n) is 2.92. The van der Waals surface area contributed by atoms with Gasteiger partial charge < -0.3 is 4.74 Å². The summed E-state index contributed by atoms with van der Waals surface area (Å²) in [6.45, 7) is 0. The Morgan fingerprint density at radius 3 is 2.87 bits per heavy atom. The van der Waals surface area contributed by atoms with Gasteiger partial charge in [-0.2, -0.15) is 5.10 Å². The summed E-state index contributed by atoms with van der Waals surface area (Å²) in [6, 6.07) is 5.50. The third kappa shape index (κ3) is 2.19. The molecule has 0 atom stereocenters. The normalized spacial score (nSPS) is 9.93. The van der Waals surface area contributed by atoms with E-state index in [0.29, 0.717) is 10.4 Å². The number of methoxy groups -OCH3 is 1. The highest BCUT2D eigenvalue weighted by atomic mass is 32.1. The quantitative estimate of drug-likeness (QED) is 0.787. The average Bonchev–Trinajstić information content (AvgIpc) is 2.30. The van der Waals surface area contributed by atoms with Crippen LogP contribution >= 0.6 is 12.2 Å². The van der Waals surface area contributed by atoms with Crippen molar-refractivity contribution >= 4 is 12.2 Å². The molecule has 1 N–H and O–H groups in total. The second-order valence-corrected chi connectivity index (χ2v) is 3.36. The first-order chi connectivity index (χ1) is 7.29. The number of pyridine rings is 1. The summed E-state index contributed by atoms with van der Waals surface area (Å²) in [4.78, 5) is 4.05. The number of ether oxygens (including phenoxy) is 1.